The quantitative estimate of drug-likeness (QED) is 0.521. The molecule has 1 aromatic carbocycles. The molecule has 0 saturated heterocycles. The third-order valence-electron chi connectivity index (χ3n) is 3.40. The smallest absolute Gasteiger partial charge is 0.260 e. The van der Waals surface area contributed by atoms with E-state index in [2.05, 4.69) is 16.0 Å². The van der Waals surface area contributed by atoms with Gasteiger partial charge in [0.15, 0.2) is 5.16 Å². The van der Waals surface area contributed by atoms with Crippen molar-refractivity contribution in [3.05, 3.63) is 40.3 Å². The van der Waals surface area contributed by atoms with Gasteiger partial charge in [0, 0.05) is 0 Å². The molecule has 0 aliphatic heterocycles. The van der Waals surface area contributed by atoms with Gasteiger partial charge in [-0.2, -0.15) is 10.2 Å². The zero-order valence-electron chi connectivity index (χ0n) is 13.1. The molecule has 0 bridgehead atoms. The number of benzene rings is 1. The van der Waals surface area contributed by atoms with Gasteiger partial charge in [0.1, 0.15) is 16.3 Å². The monoisotopic (exact) mass is 371 g/mol. The first kappa shape index (κ1) is 17.0. The number of hydrogen-bond acceptors (Lipinski definition) is 8. The Hall–Kier alpha value is -2.83. The van der Waals surface area contributed by atoms with Crippen LogP contribution in [0, 0.1) is 11.3 Å². The van der Waals surface area contributed by atoms with E-state index in [4.69, 9.17) is 21.5 Å². The number of anilines is 1. The van der Waals surface area contributed by atoms with Gasteiger partial charge in [-0.3, -0.25) is 4.79 Å². The van der Waals surface area contributed by atoms with Crippen molar-refractivity contribution in [1.29, 1.82) is 5.26 Å². The summed E-state index contributed by atoms with van der Waals surface area (Å²) in [6.07, 6.45) is 1.84. The Morgan fingerprint density at radius 1 is 1.36 bits per heavy atom. The molecule has 0 saturated carbocycles. The number of aromatic nitrogens is 2. The molecule has 4 N–H and O–H groups in total. The van der Waals surface area contributed by atoms with Crippen LogP contribution in [0.25, 0.3) is 10.2 Å². The number of nitrogens with two attached hydrogens (primary N) is 2. The van der Waals surface area contributed by atoms with Crippen molar-refractivity contribution in [2.75, 3.05) is 12.0 Å². The van der Waals surface area contributed by atoms with Gasteiger partial charge in [-0.1, -0.05) is 23.9 Å². The van der Waals surface area contributed by atoms with Gasteiger partial charge in [-0.05, 0) is 24.0 Å². The van der Waals surface area contributed by atoms with Crippen LogP contribution in [0.3, 0.4) is 0 Å². The van der Waals surface area contributed by atoms with Crippen LogP contribution in [0.2, 0.25) is 0 Å². The van der Waals surface area contributed by atoms with Crippen molar-refractivity contribution >= 4 is 44.9 Å². The van der Waals surface area contributed by atoms with Crippen molar-refractivity contribution in [2.45, 2.75) is 11.8 Å². The van der Waals surface area contributed by atoms with E-state index in [9.17, 15) is 4.79 Å². The minimum atomic E-state index is -0.607. The fraction of sp³-hybridized carbons (Fsp3) is 0.125. The molecular weight excluding hydrogens is 358 g/mol. The third kappa shape index (κ3) is 3.35. The van der Waals surface area contributed by atoms with Crippen LogP contribution in [0.4, 0.5) is 5.69 Å². The Balaban J connectivity index is 1.98. The molecule has 3 rings (SSSR count). The van der Waals surface area contributed by atoms with Crippen LogP contribution in [0.1, 0.15) is 20.8 Å². The normalized spacial score (nSPS) is 10.6. The predicted molar refractivity (Wildman–Crippen MR) is 97.6 cm³/mol. The first-order valence-electron chi connectivity index (χ1n) is 7.09. The Morgan fingerprint density at radius 3 is 2.68 bits per heavy atom. The Labute approximate surface area is 151 Å². The van der Waals surface area contributed by atoms with E-state index in [-0.39, 0.29) is 17.2 Å². The maximum absolute atomic E-state index is 11.5. The molecule has 2 heterocycles. The van der Waals surface area contributed by atoms with E-state index in [1.807, 2.05) is 6.26 Å². The Kier molecular flexibility index (Phi) is 4.74. The summed E-state index contributed by atoms with van der Waals surface area (Å²) < 4.78 is 5.82. The second kappa shape index (κ2) is 6.96. The number of nitrogen functional groups attached to an aromatic ring is 1. The number of rotatable bonds is 5. The van der Waals surface area contributed by atoms with Crippen LogP contribution in [0.5, 0.6) is 5.88 Å². The predicted octanol–water partition coefficient (Wildman–Crippen LogP) is 2.54. The molecule has 0 spiro atoms. The first-order chi connectivity index (χ1) is 12.0. The lowest BCUT2D eigenvalue weighted by molar-refractivity contribution is 0.100. The molecule has 0 radical (unpaired) electrons. The summed E-state index contributed by atoms with van der Waals surface area (Å²) in [4.78, 5) is 21.0. The summed E-state index contributed by atoms with van der Waals surface area (Å²) in [5, 5.41) is 9.84. The van der Waals surface area contributed by atoms with Gasteiger partial charge in [-0.25, -0.2) is 4.98 Å². The number of hydrogen-bond donors (Lipinski definition) is 2. The molecule has 3 aromatic rings. The number of nitrogens with zero attached hydrogens (tertiary/aromatic N) is 3. The highest BCUT2D eigenvalue weighted by Crippen LogP contribution is 2.38. The molecule has 9 heteroatoms. The summed E-state index contributed by atoms with van der Waals surface area (Å²) >= 11 is 2.48. The van der Waals surface area contributed by atoms with Crippen molar-refractivity contribution in [1.82, 2.24) is 9.97 Å². The second-order valence-corrected chi connectivity index (χ2v) is 6.77. The van der Waals surface area contributed by atoms with Crippen LogP contribution in [0.15, 0.2) is 29.4 Å². The standard InChI is InChI=1S/C16H13N5O2S2/c1-24-16-20-14(23-7-9-4-2-8(6-17)3-5-9)10-11(18)12(13(19)22)25-15(10)21-16/h2-5H,7,18H2,1H3,(H2,19,22). The number of nitriles is 1. The third-order valence-corrected chi connectivity index (χ3v) is 5.06. The summed E-state index contributed by atoms with van der Waals surface area (Å²) in [7, 11) is 0. The van der Waals surface area contributed by atoms with Crippen molar-refractivity contribution in [3.8, 4) is 11.9 Å². The molecule has 126 valence electrons. The van der Waals surface area contributed by atoms with Crippen molar-refractivity contribution in [2.24, 2.45) is 5.73 Å². The highest BCUT2D eigenvalue weighted by Gasteiger charge is 2.21. The Bertz CT molecular complexity index is 992. The lowest BCUT2D eigenvalue weighted by Crippen LogP contribution is -2.10. The van der Waals surface area contributed by atoms with E-state index >= 15 is 0 Å². The molecule has 0 aliphatic rings. The van der Waals surface area contributed by atoms with Crippen LogP contribution in [-0.2, 0) is 6.61 Å². The number of thioether (sulfide) groups is 1. The SMILES string of the molecule is CSc1nc(OCc2ccc(C#N)cc2)c2c(N)c(C(N)=O)sc2n1. The summed E-state index contributed by atoms with van der Waals surface area (Å²) in [5.74, 6) is -0.302. The minimum Gasteiger partial charge on any atom is -0.472 e. The fourth-order valence-electron chi connectivity index (χ4n) is 2.18. The molecule has 0 aliphatic carbocycles. The fourth-order valence-corrected chi connectivity index (χ4v) is 3.53. The Morgan fingerprint density at radius 2 is 2.08 bits per heavy atom. The topological polar surface area (TPSA) is 128 Å². The molecular formula is C16H13N5O2S2. The number of amides is 1. The van der Waals surface area contributed by atoms with Gasteiger partial charge in [0.05, 0.1) is 22.7 Å². The second-order valence-electron chi connectivity index (χ2n) is 5.00. The van der Waals surface area contributed by atoms with E-state index < -0.39 is 5.91 Å². The van der Waals surface area contributed by atoms with E-state index in [0.717, 1.165) is 16.9 Å². The van der Waals surface area contributed by atoms with Gasteiger partial charge >= 0.3 is 0 Å². The number of carbonyl (C=O) groups excluding carboxylic acids is 1. The molecule has 0 unspecified atom stereocenters. The molecule has 2 aromatic heterocycles. The summed E-state index contributed by atoms with van der Waals surface area (Å²) in [6, 6.07) is 9.10. The highest BCUT2D eigenvalue weighted by molar-refractivity contribution is 7.98. The van der Waals surface area contributed by atoms with E-state index in [1.165, 1.54) is 11.8 Å². The maximum Gasteiger partial charge on any atom is 0.260 e. The van der Waals surface area contributed by atoms with E-state index in [0.29, 0.717) is 26.8 Å². The lowest BCUT2D eigenvalue weighted by Gasteiger charge is -2.08. The number of fused-ring (bicyclic) bond motifs is 1. The van der Waals surface area contributed by atoms with Gasteiger partial charge in [0.2, 0.25) is 5.88 Å². The molecule has 0 atom stereocenters. The van der Waals surface area contributed by atoms with Crippen molar-refractivity contribution < 1.29 is 9.53 Å². The number of thiophene rings is 1. The number of ether oxygens (including phenoxy) is 1. The van der Waals surface area contributed by atoms with Crippen molar-refractivity contribution in [3.63, 3.8) is 0 Å². The van der Waals surface area contributed by atoms with Gasteiger partial charge in [0.25, 0.3) is 5.91 Å². The first-order valence-corrected chi connectivity index (χ1v) is 9.13. The van der Waals surface area contributed by atoms with Gasteiger partial charge < -0.3 is 16.2 Å². The molecule has 1 amide bonds. The average molecular weight is 371 g/mol. The molecule has 0 fully saturated rings. The van der Waals surface area contributed by atoms with E-state index in [1.54, 1.807) is 24.3 Å². The summed E-state index contributed by atoms with van der Waals surface area (Å²) in [6.45, 7) is 0.243. The average Bonchev–Trinajstić information content (AvgIpc) is 2.97. The van der Waals surface area contributed by atoms with Crippen LogP contribution >= 0.6 is 23.1 Å². The molecule has 7 nitrogen and oxygen atoms in total. The number of primary amides is 1. The zero-order valence-corrected chi connectivity index (χ0v) is 14.8. The van der Waals surface area contributed by atoms with Crippen LogP contribution < -0.4 is 16.2 Å². The van der Waals surface area contributed by atoms with Crippen LogP contribution in [-0.4, -0.2) is 22.1 Å². The molecule has 25 heavy (non-hydrogen) atoms. The number of carbonyl (C=O) groups is 1. The zero-order chi connectivity index (χ0) is 18.0. The minimum absolute atomic E-state index is 0.231. The van der Waals surface area contributed by atoms with Gasteiger partial charge in [-0.15, -0.1) is 11.3 Å². The lowest BCUT2D eigenvalue weighted by atomic mass is 10.2. The largest absolute Gasteiger partial charge is 0.472 e. The highest BCUT2D eigenvalue weighted by atomic mass is 32.2. The summed E-state index contributed by atoms with van der Waals surface area (Å²) in [5.41, 5.74) is 13.1. The maximum atomic E-state index is 11.5.